The molecule has 0 unspecified atom stereocenters. The van der Waals surface area contributed by atoms with Crippen LogP contribution in [0.1, 0.15) is 5.69 Å². The highest BCUT2D eigenvalue weighted by molar-refractivity contribution is 6.48. The van der Waals surface area contributed by atoms with Crippen LogP contribution in [0, 0.1) is 0 Å². The summed E-state index contributed by atoms with van der Waals surface area (Å²) < 4.78 is 0. The van der Waals surface area contributed by atoms with Gasteiger partial charge in [-0.1, -0.05) is 11.6 Å². The zero-order chi connectivity index (χ0) is 8.97. The molecule has 12 heavy (non-hydrogen) atoms. The van der Waals surface area contributed by atoms with Gasteiger partial charge in [0.1, 0.15) is 0 Å². The van der Waals surface area contributed by atoms with E-state index < -0.39 is 0 Å². The van der Waals surface area contributed by atoms with Crippen LogP contribution in [0.4, 0.5) is 0 Å². The number of hydrogen-bond acceptors (Lipinski definition) is 1. The number of nitrogens with one attached hydrogen (secondary N) is 1. The summed E-state index contributed by atoms with van der Waals surface area (Å²) in [5, 5.41) is 0.772. The van der Waals surface area contributed by atoms with Gasteiger partial charge in [-0.2, -0.15) is 0 Å². The van der Waals surface area contributed by atoms with Crippen LogP contribution in [0.3, 0.4) is 0 Å². The van der Waals surface area contributed by atoms with Crippen LogP contribution in [0.25, 0.3) is 5.03 Å². The van der Waals surface area contributed by atoms with Crippen LogP contribution >= 0.6 is 11.6 Å². The first-order valence-corrected chi connectivity index (χ1v) is 4.22. The molecule has 0 spiro atoms. The molecule has 1 rings (SSSR count). The minimum atomic E-state index is 0.772. The third kappa shape index (κ3) is 2.72. The average molecular weight is 185 g/mol. The SMILES string of the molecule is CN(C)C/C=C(\Cl)c1ccc[nH]1. The molecule has 1 N–H and O–H groups in total. The Labute approximate surface area is 77.8 Å². The largest absolute Gasteiger partial charge is 0.360 e. The normalized spacial score (nSPS) is 12.5. The molecule has 0 saturated carbocycles. The summed E-state index contributed by atoms with van der Waals surface area (Å²) in [7, 11) is 4.02. The van der Waals surface area contributed by atoms with Gasteiger partial charge < -0.3 is 9.88 Å². The first-order chi connectivity index (χ1) is 5.70. The molecular weight excluding hydrogens is 172 g/mol. The van der Waals surface area contributed by atoms with Gasteiger partial charge in [0, 0.05) is 12.7 Å². The van der Waals surface area contributed by atoms with E-state index in [0.717, 1.165) is 17.3 Å². The van der Waals surface area contributed by atoms with Gasteiger partial charge in [-0.3, -0.25) is 0 Å². The fourth-order valence-electron chi connectivity index (χ4n) is 0.852. The third-order valence-corrected chi connectivity index (χ3v) is 1.85. The van der Waals surface area contributed by atoms with Crippen molar-refractivity contribution in [2.75, 3.05) is 20.6 Å². The minimum absolute atomic E-state index is 0.772. The van der Waals surface area contributed by atoms with Crippen LogP contribution < -0.4 is 0 Å². The lowest BCUT2D eigenvalue weighted by Crippen LogP contribution is -2.10. The minimum Gasteiger partial charge on any atom is -0.360 e. The Kier molecular flexibility index (Phi) is 3.38. The summed E-state index contributed by atoms with van der Waals surface area (Å²) >= 11 is 5.99. The Morgan fingerprint density at radius 1 is 1.67 bits per heavy atom. The Morgan fingerprint density at radius 3 is 2.92 bits per heavy atom. The van der Waals surface area contributed by atoms with Gasteiger partial charge in [0.15, 0.2) is 0 Å². The van der Waals surface area contributed by atoms with E-state index in [0.29, 0.717) is 0 Å². The number of likely N-dealkylation sites (N-methyl/N-ethyl adjacent to an activating group) is 1. The molecule has 1 aromatic heterocycles. The van der Waals surface area contributed by atoms with Crippen LogP contribution in [-0.2, 0) is 0 Å². The number of halogens is 1. The first-order valence-electron chi connectivity index (χ1n) is 3.84. The van der Waals surface area contributed by atoms with Crippen molar-refractivity contribution in [2.24, 2.45) is 0 Å². The lowest BCUT2D eigenvalue weighted by Gasteiger charge is -2.04. The van der Waals surface area contributed by atoms with E-state index in [4.69, 9.17) is 11.6 Å². The quantitative estimate of drug-likeness (QED) is 0.763. The highest BCUT2D eigenvalue weighted by Gasteiger charge is 1.96. The van der Waals surface area contributed by atoms with Crippen LogP contribution in [0.5, 0.6) is 0 Å². The molecule has 0 aliphatic carbocycles. The summed E-state index contributed by atoms with van der Waals surface area (Å²) in [6, 6.07) is 3.88. The second-order valence-corrected chi connectivity index (χ2v) is 3.31. The van der Waals surface area contributed by atoms with E-state index in [1.165, 1.54) is 0 Å². The molecule has 0 atom stereocenters. The number of rotatable bonds is 3. The first kappa shape index (κ1) is 9.36. The summed E-state index contributed by atoms with van der Waals surface area (Å²) in [4.78, 5) is 5.10. The molecule has 66 valence electrons. The maximum absolute atomic E-state index is 5.99. The Bertz CT molecular complexity index is 250. The zero-order valence-corrected chi connectivity index (χ0v) is 8.10. The van der Waals surface area contributed by atoms with Crippen molar-refractivity contribution in [3.8, 4) is 0 Å². The van der Waals surface area contributed by atoms with Gasteiger partial charge in [0.05, 0.1) is 10.7 Å². The van der Waals surface area contributed by atoms with Gasteiger partial charge in [0.2, 0.25) is 0 Å². The summed E-state index contributed by atoms with van der Waals surface area (Å²) in [5.74, 6) is 0. The number of hydrogen-bond donors (Lipinski definition) is 1. The highest BCUT2D eigenvalue weighted by Crippen LogP contribution is 2.15. The second kappa shape index (κ2) is 4.33. The molecule has 3 heteroatoms. The lowest BCUT2D eigenvalue weighted by molar-refractivity contribution is 0.457. The van der Waals surface area contributed by atoms with Crippen LogP contribution in [0.15, 0.2) is 24.4 Å². The summed E-state index contributed by atoms with van der Waals surface area (Å²) in [6.45, 7) is 0.859. The van der Waals surface area contributed by atoms with E-state index in [1.54, 1.807) is 0 Å². The fourth-order valence-corrected chi connectivity index (χ4v) is 1.04. The van der Waals surface area contributed by atoms with Crippen molar-refractivity contribution in [3.05, 3.63) is 30.1 Å². The summed E-state index contributed by atoms with van der Waals surface area (Å²) in [5.41, 5.74) is 0.971. The van der Waals surface area contributed by atoms with E-state index >= 15 is 0 Å². The highest BCUT2D eigenvalue weighted by atomic mass is 35.5. The maximum atomic E-state index is 5.99. The van der Waals surface area contributed by atoms with Crippen molar-refractivity contribution < 1.29 is 0 Å². The van der Waals surface area contributed by atoms with Gasteiger partial charge in [-0.05, 0) is 32.3 Å². The predicted octanol–water partition coefficient (Wildman–Crippen LogP) is 2.16. The molecule has 0 aliphatic rings. The van der Waals surface area contributed by atoms with E-state index in [-0.39, 0.29) is 0 Å². The van der Waals surface area contributed by atoms with Crippen molar-refractivity contribution in [2.45, 2.75) is 0 Å². The number of aromatic nitrogens is 1. The van der Waals surface area contributed by atoms with Gasteiger partial charge in [-0.25, -0.2) is 0 Å². The maximum Gasteiger partial charge on any atom is 0.0613 e. The van der Waals surface area contributed by atoms with Crippen molar-refractivity contribution in [1.29, 1.82) is 0 Å². The molecule has 1 aromatic rings. The summed E-state index contributed by atoms with van der Waals surface area (Å²) in [6.07, 6.45) is 3.84. The molecule has 0 radical (unpaired) electrons. The van der Waals surface area contributed by atoms with Crippen LogP contribution in [-0.4, -0.2) is 30.5 Å². The molecular formula is C9H13ClN2. The standard InChI is InChI=1S/C9H13ClN2/c1-12(2)7-5-8(10)9-4-3-6-11-9/h3-6,11H,7H2,1-2H3/b8-5-. The molecule has 0 bridgehead atoms. The average Bonchev–Trinajstić information content (AvgIpc) is 2.51. The molecule has 0 aliphatic heterocycles. The third-order valence-electron chi connectivity index (χ3n) is 1.49. The zero-order valence-electron chi connectivity index (χ0n) is 7.34. The molecule has 1 heterocycles. The number of nitrogens with zero attached hydrogens (tertiary/aromatic N) is 1. The van der Waals surface area contributed by atoms with E-state index in [2.05, 4.69) is 9.88 Å². The van der Waals surface area contributed by atoms with Gasteiger partial charge in [-0.15, -0.1) is 0 Å². The predicted molar refractivity (Wildman–Crippen MR) is 53.2 cm³/mol. The molecule has 0 fully saturated rings. The lowest BCUT2D eigenvalue weighted by atomic mass is 10.3. The molecule has 0 aromatic carbocycles. The topological polar surface area (TPSA) is 19.0 Å². The molecule has 2 nitrogen and oxygen atoms in total. The van der Waals surface area contributed by atoms with Gasteiger partial charge >= 0.3 is 0 Å². The van der Waals surface area contributed by atoms with Crippen molar-refractivity contribution in [1.82, 2.24) is 9.88 Å². The Balaban J connectivity index is 2.59. The van der Waals surface area contributed by atoms with Crippen LogP contribution in [0.2, 0.25) is 0 Å². The fraction of sp³-hybridized carbons (Fsp3) is 0.333. The Hall–Kier alpha value is -0.730. The number of aromatic amines is 1. The Morgan fingerprint density at radius 2 is 2.42 bits per heavy atom. The number of H-pyrrole nitrogens is 1. The van der Waals surface area contributed by atoms with Crippen molar-refractivity contribution >= 4 is 16.6 Å². The molecule has 0 amide bonds. The van der Waals surface area contributed by atoms with Gasteiger partial charge in [0.25, 0.3) is 0 Å². The van der Waals surface area contributed by atoms with Crippen molar-refractivity contribution in [3.63, 3.8) is 0 Å². The smallest absolute Gasteiger partial charge is 0.0613 e. The molecule has 0 saturated heterocycles. The monoisotopic (exact) mass is 184 g/mol. The van der Waals surface area contributed by atoms with E-state index in [1.807, 2.05) is 38.5 Å². The van der Waals surface area contributed by atoms with E-state index in [9.17, 15) is 0 Å². The second-order valence-electron chi connectivity index (χ2n) is 2.90.